The standard InChI is InChI=1S/C8H7N.CH4N2O/c1-2-4-8-7(3-1)5-6-9-8;2-1(3)4/h1-6,9H;(H4,2,3,4). The monoisotopic (exact) mass is 177 g/mol. The zero-order valence-electron chi connectivity index (χ0n) is 7.03. The third kappa shape index (κ3) is 2.86. The molecule has 4 nitrogen and oxygen atoms in total. The van der Waals surface area contributed by atoms with Crippen LogP contribution >= 0.6 is 0 Å². The second kappa shape index (κ2) is 4.15. The summed E-state index contributed by atoms with van der Waals surface area (Å²) in [4.78, 5) is 12.1. The molecule has 0 fully saturated rings. The number of nitrogens with one attached hydrogen (secondary N) is 1. The summed E-state index contributed by atoms with van der Waals surface area (Å²) in [6, 6.07) is 9.45. The number of fused-ring (bicyclic) bond motifs is 1. The van der Waals surface area contributed by atoms with E-state index in [9.17, 15) is 0 Å². The van der Waals surface area contributed by atoms with Crippen molar-refractivity contribution in [1.82, 2.24) is 4.98 Å². The second-order valence-corrected chi connectivity index (χ2v) is 2.47. The molecule has 0 saturated carbocycles. The number of hydrogen-bond acceptors (Lipinski definition) is 1. The molecule has 0 spiro atoms. The minimum Gasteiger partial charge on any atom is -0.361 e. The molecule has 68 valence electrons. The molecule has 0 bridgehead atoms. The first-order chi connectivity index (χ1) is 6.20. The van der Waals surface area contributed by atoms with Crippen molar-refractivity contribution in [2.45, 2.75) is 0 Å². The molecule has 2 rings (SSSR count). The highest BCUT2D eigenvalue weighted by atomic mass is 16.2. The van der Waals surface area contributed by atoms with Gasteiger partial charge in [0.1, 0.15) is 0 Å². The Morgan fingerprint density at radius 2 is 1.77 bits per heavy atom. The normalized spacial score (nSPS) is 8.92. The highest BCUT2D eigenvalue weighted by molar-refractivity contribution is 5.78. The number of benzene rings is 1. The summed E-state index contributed by atoms with van der Waals surface area (Å²) in [6.07, 6.45) is 1.95. The molecule has 2 aromatic rings. The fourth-order valence-electron chi connectivity index (χ4n) is 0.995. The first kappa shape index (κ1) is 9.12. The van der Waals surface area contributed by atoms with Gasteiger partial charge in [0.2, 0.25) is 0 Å². The minimum atomic E-state index is -0.833. The van der Waals surface area contributed by atoms with Gasteiger partial charge in [-0.1, -0.05) is 18.2 Å². The summed E-state index contributed by atoms with van der Waals surface area (Å²) in [5.74, 6) is 0. The zero-order valence-corrected chi connectivity index (χ0v) is 7.03. The molecule has 0 aliphatic carbocycles. The van der Waals surface area contributed by atoms with Crippen molar-refractivity contribution in [3.05, 3.63) is 36.5 Å². The van der Waals surface area contributed by atoms with Crippen molar-refractivity contribution in [1.29, 1.82) is 0 Å². The van der Waals surface area contributed by atoms with E-state index in [0.29, 0.717) is 0 Å². The lowest BCUT2D eigenvalue weighted by Gasteiger charge is -1.83. The van der Waals surface area contributed by atoms with Gasteiger partial charge in [-0.3, -0.25) is 0 Å². The number of primary amides is 2. The number of aromatic amines is 1. The smallest absolute Gasteiger partial charge is 0.309 e. The largest absolute Gasteiger partial charge is 0.361 e. The average molecular weight is 177 g/mol. The van der Waals surface area contributed by atoms with E-state index < -0.39 is 6.03 Å². The summed E-state index contributed by atoms with van der Waals surface area (Å²) in [6.45, 7) is 0. The van der Waals surface area contributed by atoms with Crippen LogP contribution in [0.1, 0.15) is 0 Å². The maximum absolute atomic E-state index is 9.00. The molecule has 0 atom stereocenters. The lowest BCUT2D eigenvalue weighted by atomic mass is 10.3. The second-order valence-electron chi connectivity index (χ2n) is 2.47. The lowest BCUT2D eigenvalue weighted by Crippen LogP contribution is -2.18. The number of carbonyl (C=O) groups is 1. The predicted octanol–water partition coefficient (Wildman–Crippen LogP) is 1.19. The molecule has 1 heterocycles. The van der Waals surface area contributed by atoms with Crippen molar-refractivity contribution in [2.75, 3.05) is 0 Å². The highest BCUT2D eigenvalue weighted by Crippen LogP contribution is 2.09. The molecule has 2 amide bonds. The number of hydrogen-bond donors (Lipinski definition) is 3. The van der Waals surface area contributed by atoms with Gasteiger partial charge in [0.15, 0.2) is 0 Å². The van der Waals surface area contributed by atoms with E-state index in [0.717, 1.165) is 0 Å². The third-order valence-corrected chi connectivity index (χ3v) is 1.46. The minimum absolute atomic E-state index is 0.833. The number of carbonyl (C=O) groups excluding carboxylic acids is 1. The number of urea groups is 1. The Balaban J connectivity index is 0.000000184. The van der Waals surface area contributed by atoms with Gasteiger partial charge in [-0.15, -0.1) is 0 Å². The van der Waals surface area contributed by atoms with Crippen molar-refractivity contribution >= 4 is 16.9 Å². The number of rotatable bonds is 0. The molecule has 5 N–H and O–H groups in total. The van der Waals surface area contributed by atoms with Crippen LogP contribution < -0.4 is 11.5 Å². The van der Waals surface area contributed by atoms with Crippen molar-refractivity contribution in [3.8, 4) is 0 Å². The van der Waals surface area contributed by atoms with E-state index >= 15 is 0 Å². The van der Waals surface area contributed by atoms with Crippen LogP contribution in [0, 0.1) is 0 Å². The van der Waals surface area contributed by atoms with Gasteiger partial charge in [-0.05, 0) is 17.5 Å². The predicted molar refractivity (Wildman–Crippen MR) is 52.1 cm³/mol. The first-order valence-corrected chi connectivity index (χ1v) is 3.77. The molecule has 4 heteroatoms. The molecule has 13 heavy (non-hydrogen) atoms. The van der Waals surface area contributed by atoms with Gasteiger partial charge in [-0.25, -0.2) is 4.79 Å². The molecule has 0 saturated heterocycles. The lowest BCUT2D eigenvalue weighted by molar-refractivity contribution is 0.256. The summed E-state index contributed by atoms with van der Waals surface area (Å²) in [5.41, 5.74) is 9.71. The SMILES string of the molecule is NC(N)=O.c1ccc2[nH]ccc2c1. The van der Waals surface area contributed by atoms with Crippen LogP contribution in [0.15, 0.2) is 36.5 Å². The van der Waals surface area contributed by atoms with Crippen molar-refractivity contribution < 1.29 is 4.79 Å². The fraction of sp³-hybridized carbons (Fsp3) is 0. The molecular weight excluding hydrogens is 166 g/mol. The quantitative estimate of drug-likeness (QED) is 0.554. The Hall–Kier alpha value is -1.97. The number of amides is 2. The van der Waals surface area contributed by atoms with Gasteiger partial charge in [0, 0.05) is 11.7 Å². The van der Waals surface area contributed by atoms with E-state index in [1.807, 2.05) is 18.3 Å². The van der Waals surface area contributed by atoms with Crippen LogP contribution in [-0.4, -0.2) is 11.0 Å². The summed E-state index contributed by atoms with van der Waals surface area (Å²) in [7, 11) is 0. The number of para-hydroxylation sites is 1. The van der Waals surface area contributed by atoms with Crippen LogP contribution in [0.4, 0.5) is 4.79 Å². The number of nitrogens with two attached hydrogens (primary N) is 2. The Morgan fingerprint density at radius 3 is 2.38 bits per heavy atom. The Morgan fingerprint density at radius 1 is 1.15 bits per heavy atom. The molecule has 0 unspecified atom stereocenters. The molecular formula is C9H11N3O. The van der Waals surface area contributed by atoms with Crippen molar-refractivity contribution in [2.24, 2.45) is 11.5 Å². The van der Waals surface area contributed by atoms with Crippen LogP contribution in [-0.2, 0) is 0 Å². The van der Waals surface area contributed by atoms with Gasteiger partial charge < -0.3 is 16.5 Å². The summed E-state index contributed by atoms with van der Waals surface area (Å²) in [5, 5.41) is 1.28. The summed E-state index contributed by atoms with van der Waals surface area (Å²) >= 11 is 0. The zero-order chi connectivity index (χ0) is 9.68. The molecule has 1 aromatic carbocycles. The maximum atomic E-state index is 9.00. The van der Waals surface area contributed by atoms with Gasteiger partial charge >= 0.3 is 6.03 Å². The highest BCUT2D eigenvalue weighted by Gasteiger charge is 1.86. The van der Waals surface area contributed by atoms with Crippen LogP contribution in [0.25, 0.3) is 10.9 Å². The first-order valence-electron chi connectivity index (χ1n) is 3.77. The Bertz CT molecular complexity index is 360. The summed E-state index contributed by atoms with van der Waals surface area (Å²) < 4.78 is 0. The average Bonchev–Trinajstić information content (AvgIpc) is 2.49. The van der Waals surface area contributed by atoms with Gasteiger partial charge in [0.05, 0.1) is 0 Å². The number of H-pyrrole nitrogens is 1. The van der Waals surface area contributed by atoms with Crippen LogP contribution in [0.2, 0.25) is 0 Å². The Kier molecular flexibility index (Phi) is 2.92. The van der Waals surface area contributed by atoms with E-state index in [2.05, 4.69) is 34.7 Å². The van der Waals surface area contributed by atoms with E-state index in [1.165, 1.54) is 10.9 Å². The van der Waals surface area contributed by atoms with Gasteiger partial charge in [-0.2, -0.15) is 0 Å². The fourth-order valence-corrected chi connectivity index (χ4v) is 0.995. The van der Waals surface area contributed by atoms with Crippen LogP contribution in [0.5, 0.6) is 0 Å². The van der Waals surface area contributed by atoms with E-state index in [4.69, 9.17) is 4.79 Å². The topological polar surface area (TPSA) is 84.9 Å². The van der Waals surface area contributed by atoms with Crippen molar-refractivity contribution in [3.63, 3.8) is 0 Å². The molecule has 0 radical (unpaired) electrons. The third-order valence-electron chi connectivity index (χ3n) is 1.46. The van der Waals surface area contributed by atoms with E-state index in [-0.39, 0.29) is 0 Å². The number of aromatic nitrogens is 1. The maximum Gasteiger partial charge on any atom is 0.309 e. The molecule has 0 aliphatic rings. The van der Waals surface area contributed by atoms with E-state index in [1.54, 1.807) is 0 Å². The van der Waals surface area contributed by atoms with Crippen LogP contribution in [0.3, 0.4) is 0 Å². The van der Waals surface area contributed by atoms with Gasteiger partial charge in [0.25, 0.3) is 0 Å². The molecule has 0 aliphatic heterocycles. The Labute approximate surface area is 75.5 Å². The molecule has 1 aromatic heterocycles.